The van der Waals surface area contributed by atoms with Crippen LogP contribution >= 0.6 is 0 Å². The number of rotatable bonds is 6. The topological polar surface area (TPSA) is 80.0 Å². The van der Waals surface area contributed by atoms with E-state index < -0.39 is 0 Å². The minimum atomic E-state index is -0.335. The molecule has 0 aliphatic heterocycles. The van der Waals surface area contributed by atoms with Crippen molar-refractivity contribution in [3.63, 3.8) is 0 Å². The smallest absolute Gasteiger partial charge is 0.273 e. The monoisotopic (exact) mass is 304 g/mol. The summed E-state index contributed by atoms with van der Waals surface area (Å²) >= 11 is 0. The number of aliphatic hydroxyl groups is 1. The van der Waals surface area contributed by atoms with E-state index in [1.165, 1.54) is 23.0 Å². The fourth-order valence-electron chi connectivity index (χ4n) is 2.39. The number of carbonyl (C=O) groups is 1. The van der Waals surface area contributed by atoms with Gasteiger partial charge < -0.3 is 10.4 Å². The number of halogens is 1. The minimum absolute atomic E-state index is 0.0199. The highest BCUT2D eigenvalue weighted by molar-refractivity contribution is 5.92. The first-order valence-electron chi connectivity index (χ1n) is 7.27. The molecule has 22 heavy (non-hydrogen) atoms. The predicted molar refractivity (Wildman–Crippen MR) is 77.0 cm³/mol. The standard InChI is InChI=1S/C15H17FN4O2/c16-11-3-5-12(6-4-11)20-9-14(18-19-20)15(22)17-13(7-8-21)10-1-2-10/h3-6,9-10,13,21H,1-2,7-8H2,(H,17,22). The van der Waals surface area contributed by atoms with Gasteiger partial charge in [-0.3, -0.25) is 4.79 Å². The van der Waals surface area contributed by atoms with E-state index >= 15 is 0 Å². The van der Waals surface area contributed by atoms with Crippen molar-refractivity contribution in [2.75, 3.05) is 6.61 Å². The van der Waals surface area contributed by atoms with Gasteiger partial charge in [0, 0.05) is 12.6 Å². The molecule has 1 aliphatic carbocycles. The molecule has 116 valence electrons. The van der Waals surface area contributed by atoms with Crippen molar-refractivity contribution in [1.82, 2.24) is 20.3 Å². The van der Waals surface area contributed by atoms with Gasteiger partial charge in [0.25, 0.3) is 5.91 Å². The Bertz CT molecular complexity index is 652. The third kappa shape index (κ3) is 3.30. The molecule has 0 saturated heterocycles. The fraction of sp³-hybridized carbons (Fsp3) is 0.400. The summed E-state index contributed by atoms with van der Waals surface area (Å²) in [5.74, 6) is -0.194. The lowest BCUT2D eigenvalue weighted by Gasteiger charge is -2.15. The van der Waals surface area contributed by atoms with Gasteiger partial charge in [-0.05, 0) is 49.4 Å². The Morgan fingerprint density at radius 3 is 2.77 bits per heavy atom. The van der Waals surface area contributed by atoms with Gasteiger partial charge >= 0.3 is 0 Å². The second kappa shape index (κ2) is 6.23. The first-order valence-corrected chi connectivity index (χ1v) is 7.27. The fourth-order valence-corrected chi connectivity index (χ4v) is 2.39. The van der Waals surface area contributed by atoms with Crippen LogP contribution in [0.15, 0.2) is 30.5 Å². The first-order chi connectivity index (χ1) is 10.7. The molecule has 0 spiro atoms. The van der Waals surface area contributed by atoms with Gasteiger partial charge in [-0.25, -0.2) is 9.07 Å². The second-order valence-electron chi connectivity index (χ2n) is 5.45. The van der Waals surface area contributed by atoms with Crippen LogP contribution in [0, 0.1) is 11.7 Å². The molecule has 7 heteroatoms. The van der Waals surface area contributed by atoms with Gasteiger partial charge in [0.2, 0.25) is 0 Å². The van der Waals surface area contributed by atoms with Gasteiger partial charge in [0.15, 0.2) is 5.69 Å². The number of aromatic nitrogens is 3. The van der Waals surface area contributed by atoms with Crippen LogP contribution in [0.1, 0.15) is 29.8 Å². The quantitative estimate of drug-likeness (QED) is 0.843. The molecule has 1 saturated carbocycles. The highest BCUT2D eigenvalue weighted by Gasteiger charge is 2.32. The Hall–Kier alpha value is -2.28. The number of benzene rings is 1. The van der Waals surface area contributed by atoms with E-state index in [1.807, 2.05) is 0 Å². The van der Waals surface area contributed by atoms with Crippen LogP contribution in [-0.4, -0.2) is 38.7 Å². The van der Waals surface area contributed by atoms with Crippen molar-refractivity contribution in [1.29, 1.82) is 0 Å². The van der Waals surface area contributed by atoms with Crippen LogP contribution in [-0.2, 0) is 0 Å². The predicted octanol–water partition coefficient (Wildman–Crippen LogP) is 1.30. The number of hydrogen-bond donors (Lipinski definition) is 2. The highest BCUT2D eigenvalue weighted by atomic mass is 19.1. The summed E-state index contributed by atoms with van der Waals surface area (Å²) in [5.41, 5.74) is 0.829. The SMILES string of the molecule is O=C(NC(CCO)C1CC1)c1cn(-c2ccc(F)cc2)nn1. The molecule has 2 aromatic rings. The van der Waals surface area contributed by atoms with Gasteiger partial charge in [-0.1, -0.05) is 5.21 Å². The van der Waals surface area contributed by atoms with Gasteiger partial charge in [-0.15, -0.1) is 5.10 Å². The maximum absolute atomic E-state index is 12.9. The minimum Gasteiger partial charge on any atom is -0.396 e. The molecule has 1 unspecified atom stereocenters. The van der Waals surface area contributed by atoms with E-state index in [0.29, 0.717) is 18.0 Å². The van der Waals surface area contributed by atoms with Crippen LogP contribution < -0.4 is 5.32 Å². The van der Waals surface area contributed by atoms with Gasteiger partial charge in [0.1, 0.15) is 5.82 Å². The number of aliphatic hydroxyl groups excluding tert-OH is 1. The summed E-state index contributed by atoms with van der Waals surface area (Å²) in [6.45, 7) is 0.0454. The Labute approximate surface area is 127 Å². The van der Waals surface area contributed by atoms with Crippen molar-refractivity contribution in [2.45, 2.75) is 25.3 Å². The molecule has 1 heterocycles. The van der Waals surface area contributed by atoms with E-state index in [0.717, 1.165) is 12.8 Å². The molecule has 1 fully saturated rings. The zero-order valence-electron chi connectivity index (χ0n) is 11.9. The first kappa shape index (κ1) is 14.6. The molecule has 1 aromatic carbocycles. The van der Waals surface area contributed by atoms with Crippen LogP contribution in [0.4, 0.5) is 4.39 Å². The van der Waals surface area contributed by atoms with Crippen molar-refractivity contribution in [3.05, 3.63) is 42.0 Å². The lowest BCUT2D eigenvalue weighted by molar-refractivity contribution is 0.0919. The maximum atomic E-state index is 12.9. The summed E-state index contributed by atoms with van der Waals surface area (Å²) in [6, 6.07) is 5.74. The zero-order chi connectivity index (χ0) is 15.5. The molecule has 6 nitrogen and oxygen atoms in total. The average Bonchev–Trinajstić information content (AvgIpc) is 3.24. The Morgan fingerprint density at radius 2 is 2.14 bits per heavy atom. The van der Waals surface area contributed by atoms with Crippen LogP contribution in [0.5, 0.6) is 0 Å². The van der Waals surface area contributed by atoms with Crippen molar-refractivity contribution < 1.29 is 14.3 Å². The van der Waals surface area contributed by atoms with Crippen molar-refractivity contribution in [3.8, 4) is 5.69 Å². The number of nitrogens with zero attached hydrogens (tertiary/aromatic N) is 3. The Balaban J connectivity index is 1.69. The molecular weight excluding hydrogens is 287 g/mol. The van der Waals surface area contributed by atoms with Gasteiger partial charge in [0.05, 0.1) is 11.9 Å². The van der Waals surface area contributed by atoms with Crippen LogP contribution in [0.2, 0.25) is 0 Å². The van der Waals surface area contributed by atoms with E-state index in [-0.39, 0.29) is 30.1 Å². The number of amides is 1. The maximum Gasteiger partial charge on any atom is 0.273 e. The second-order valence-corrected chi connectivity index (χ2v) is 5.45. The number of hydrogen-bond acceptors (Lipinski definition) is 4. The number of carbonyl (C=O) groups excluding carboxylic acids is 1. The Kier molecular flexibility index (Phi) is 4.15. The summed E-state index contributed by atoms with van der Waals surface area (Å²) in [6.07, 6.45) is 4.20. The van der Waals surface area contributed by atoms with E-state index in [1.54, 1.807) is 12.1 Å². The lowest BCUT2D eigenvalue weighted by atomic mass is 10.1. The van der Waals surface area contributed by atoms with Crippen LogP contribution in [0.3, 0.4) is 0 Å². The summed E-state index contributed by atoms with van der Waals surface area (Å²) < 4.78 is 14.3. The molecule has 1 aromatic heterocycles. The normalized spacial score (nSPS) is 15.5. The molecule has 0 bridgehead atoms. The average molecular weight is 304 g/mol. The van der Waals surface area contributed by atoms with Crippen molar-refractivity contribution in [2.24, 2.45) is 5.92 Å². The molecular formula is C15H17FN4O2. The molecule has 0 radical (unpaired) electrons. The van der Waals surface area contributed by atoms with E-state index in [9.17, 15) is 9.18 Å². The molecule has 3 rings (SSSR count). The Morgan fingerprint density at radius 1 is 1.41 bits per heavy atom. The molecule has 1 atom stereocenters. The molecule has 2 N–H and O–H groups in total. The third-order valence-corrected chi connectivity index (χ3v) is 3.76. The van der Waals surface area contributed by atoms with E-state index in [4.69, 9.17) is 5.11 Å². The summed E-state index contributed by atoms with van der Waals surface area (Å²) in [7, 11) is 0. The van der Waals surface area contributed by atoms with Gasteiger partial charge in [-0.2, -0.15) is 0 Å². The largest absolute Gasteiger partial charge is 0.396 e. The van der Waals surface area contributed by atoms with Crippen LogP contribution in [0.25, 0.3) is 5.69 Å². The lowest BCUT2D eigenvalue weighted by Crippen LogP contribution is -2.37. The molecule has 1 aliphatic rings. The summed E-state index contributed by atoms with van der Waals surface area (Å²) in [4.78, 5) is 12.2. The number of nitrogens with one attached hydrogen (secondary N) is 1. The molecule has 1 amide bonds. The van der Waals surface area contributed by atoms with Crippen molar-refractivity contribution >= 4 is 5.91 Å². The third-order valence-electron chi connectivity index (χ3n) is 3.76. The van der Waals surface area contributed by atoms with E-state index in [2.05, 4.69) is 15.6 Å². The zero-order valence-corrected chi connectivity index (χ0v) is 11.9. The summed E-state index contributed by atoms with van der Waals surface area (Å²) in [5, 5.41) is 19.7. The highest BCUT2D eigenvalue weighted by Crippen LogP contribution is 2.34.